The first-order valence-electron chi connectivity index (χ1n) is 11.4. The van der Waals surface area contributed by atoms with Crippen molar-refractivity contribution >= 4 is 37.8 Å². The molecule has 1 fully saturated rings. The van der Waals surface area contributed by atoms with E-state index in [1.165, 1.54) is 23.9 Å². The van der Waals surface area contributed by atoms with Gasteiger partial charge < -0.3 is 19.4 Å². The van der Waals surface area contributed by atoms with E-state index < -0.39 is 19.3 Å². The smallest absolute Gasteiger partial charge is 0.410 e. The van der Waals surface area contributed by atoms with Gasteiger partial charge in [-0.3, -0.25) is 14.9 Å². The Hall–Kier alpha value is -2.62. The molecular weight excluding hydrogens is 488 g/mol. The van der Waals surface area contributed by atoms with E-state index in [-0.39, 0.29) is 47.7 Å². The Morgan fingerprint density at radius 3 is 2.54 bits per heavy atom. The van der Waals surface area contributed by atoms with E-state index in [2.05, 4.69) is 39.2 Å². The minimum atomic E-state index is -2.05. The molecule has 0 spiro atoms. The van der Waals surface area contributed by atoms with Gasteiger partial charge in [-0.25, -0.2) is 4.79 Å². The largest absolute Gasteiger partial charge is 0.445 e. The number of nitro groups is 1. The van der Waals surface area contributed by atoms with Gasteiger partial charge in [0.05, 0.1) is 22.8 Å². The van der Waals surface area contributed by atoms with Gasteiger partial charge in [0.2, 0.25) is 5.91 Å². The number of thioether (sulfide) groups is 1. The first-order valence-corrected chi connectivity index (χ1v) is 15.5. The average Bonchev–Trinajstić information content (AvgIpc) is 3.17. The molecule has 0 saturated carbocycles. The lowest BCUT2D eigenvalue weighted by Gasteiger charge is -2.38. The molecule has 1 heterocycles. The van der Waals surface area contributed by atoms with E-state index in [1.54, 1.807) is 17.0 Å². The van der Waals surface area contributed by atoms with Gasteiger partial charge in [-0.05, 0) is 42.2 Å². The quantitative estimate of drug-likeness (QED) is 0.210. The predicted molar refractivity (Wildman–Crippen MR) is 136 cm³/mol. The van der Waals surface area contributed by atoms with Crippen LogP contribution in [-0.2, 0) is 20.6 Å². The fourth-order valence-electron chi connectivity index (χ4n) is 3.35. The lowest BCUT2D eigenvalue weighted by molar-refractivity contribution is -0.384. The number of nitro benzene ring substituents is 1. The van der Waals surface area contributed by atoms with Crippen molar-refractivity contribution < 1.29 is 23.7 Å². The standard InChI is InChI=1S/C23H34N4O6SSi/c1-23(2,3)35(4,5)33-20-12-19(15-34-16-21(28)25-11-10-24)26(13-20)22(29)32-14-17-6-8-18(9-7-17)27(30)31/h6-9,19-20H,11-16H2,1-5H3,(H,25,28)/t19-,20-/m0/s1. The van der Waals surface area contributed by atoms with E-state index in [9.17, 15) is 19.7 Å². The summed E-state index contributed by atoms with van der Waals surface area (Å²) in [7, 11) is -2.05. The molecule has 10 nitrogen and oxygen atoms in total. The van der Waals surface area contributed by atoms with E-state index >= 15 is 0 Å². The molecule has 192 valence electrons. The number of rotatable bonds is 10. The molecule has 0 aromatic heterocycles. The van der Waals surface area contributed by atoms with Crippen LogP contribution >= 0.6 is 11.8 Å². The maximum Gasteiger partial charge on any atom is 0.410 e. The molecule has 0 unspecified atom stereocenters. The summed E-state index contributed by atoms with van der Waals surface area (Å²) in [6.07, 6.45) is 0.0384. The normalized spacial score (nSPS) is 18.1. The van der Waals surface area contributed by atoms with Crippen molar-refractivity contribution in [1.29, 1.82) is 5.26 Å². The molecule has 0 aliphatic carbocycles. The Morgan fingerprint density at radius 1 is 1.31 bits per heavy atom. The third-order valence-electron chi connectivity index (χ3n) is 6.30. The summed E-state index contributed by atoms with van der Waals surface area (Å²) in [6.45, 7) is 11.2. The number of amides is 2. The first-order chi connectivity index (χ1) is 16.3. The summed E-state index contributed by atoms with van der Waals surface area (Å²) in [5.74, 6) is 0.498. The first kappa shape index (κ1) is 28.6. The average molecular weight is 523 g/mol. The lowest BCUT2D eigenvalue weighted by atomic mass is 10.2. The van der Waals surface area contributed by atoms with Gasteiger partial charge >= 0.3 is 6.09 Å². The van der Waals surface area contributed by atoms with Crippen molar-refractivity contribution in [2.24, 2.45) is 0 Å². The summed E-state index contributed by atoms with van der Waals surface area (Å²) in [6, 6.07) is 7.58. The number of carbonyl (C=O) groups excluding carboxylic acids is 2. The van der Waals surface area contributed by atoms with E-state index in [0.29, 0.717) is 24.3 Å². The van der Waals surface area contributed by atoms with Gasteiger partial charge in [-0.1, -0.05) is 20.8 Å². The number of nitrogens with one attached hydrogen (secondary N) is 1. The molecule has 2 amide bonds. The van der Waals surface area contributed by atoms with Crippen LogP contribution in [0, 0.1) is 21.4 Å². The summed E-state index contributed by atoms with van der Waals surface area (Å²) in [4.78, 5) is 36.8. The minimum absolute atomic E-state index is 0.00247. The van der Waals surface area contributed by atoms with E-state index in [4.69, 9.17) is 14.4 Å². The second-order valence-electron chi connectivity index (χ2n) is 9.97. The third kappa shape index (κ3) is 8.52. The summed E-state index contributed by atoms with van der Waals surface area (Å²) in [5.41, 5.74) is 0.624. The minimum Gasteiger partial charge on any atom is -0.445 e. The van der Waals surface area contributed by atoms with Crippen molar-refractivity contribution in [3.63, 3.8) is 0 Å². The Kier molecular flexibility index (Phi) is 10.1. The van der Waals surface area contributed by atoms with Crippen LogP contribution in [0.1, 0.15) is 32.8 Å². The number of likely N-dealkylation sites (tertiary alicyclic amines) is 1. The molecule has 2 rings (SSSR count). The van der Waals surface area contributed by atoms with Gasteiger partial charge in [0.25, 0.3) is 5.69 Å². The van der Waals surface area contributed by atoms with Crippen molar-refractivity contribution in [2.75, 3.05) is 24.6 Å². The van der Waals surface area contributed by atoms with Crippen molar-refractivity contribution in [3.8, 4) is 6.07 Å². The lowest BCUT2D eigenvalue weighted by Crippen LogP contribution is -2.44. The topological polar surface area (TPSA) is 135 Å². The zero-order valence-corrected chi connectivity index (χ0v) is 22.7. The number of ether oxygens (including phenoxy) is 1. The molecule has 1 aromatic rings. The van der Waals surface area contributed by atoms with Crippen LogP contribution in [0.4, 0.5) is 10.5 Å². The fraction of sp³-hybridized carbons (Fsp3) is 0.609. The van der Waals surface area contributed by atoms with Gasteiger partial charge in [0, 0.05) is 30.5 Å². The fourth-order valence-corrected chi connectivity index (χ4v) is 5.70. The molecule has 1 aromatic carbocycles. The number of nitriles is 1. The highest BCUT2D eigenvalue weighted by Gasteiger charge is 2.44. The van der Waals surface area contributed by atoms with Crippen LogP contribution in [0.15, 0.2) is 24.3 Å². The zero-order valence-electron chi connectivity index (χ0n) is 20.9. The van der Waals surface area contributed by atoms with Crippen LogP contribution in [-0.4, -0.2) is 66.9 Å². The van der Waals surface area contributed by atoms with Crippen molar-refractivity contribution in [3.05, 3.63) is 39.9 Å². The SMILES string of the molecule is CC(C)(C)[Si](C)(C)O[C@H]1C[C@@H](CSCC(=O)NCC#N)N(C(=O)OCc2ccc([N+](=O)[O-])cc2)C1. The molecule has 1 N–H and O–H groups in total. The van der Waals surface area contributed by atoms with Crippen LogP contribution in [0.2, 0.25) is 18.1 Å². The predicted octanol–water partition coefficient (Wildman–Crippen LogP) is 4.07. The molecule has 0 bridgehead atoms. The number of non-ortho nitro benzene ring substituents is 1. The second kappa shape index (κ2) is 12.4. The highest BCUT2D eigenvalue weighted by Crippen LogP contribution is 2.39. The Labute approximate surface area is 211 Å². The van der Waals surface area contributed by atoms with Crippen LogP contribution < -0.4 is 5.32 Å². The third-order valence-corrected chi connectivity index (χ3v) is 11.9. The second-order valence-corrected chi connectivity index (χ2v) is 15.8. The molecule has 2 atom stereocenters. The molecular formula is C23H34N4O6SSi. The molecule has 1 saturated heterocycles. The highest BCUT2D eigenvalue weighted by atomic mass is 32.2. The summed E-state index contributed by atoms with van der Waals surface area (Å²) < 4.78 is 12.1. The summed E-state index contributed by atoms with van der Waals surface area (Å²) >= 11 is 1.40. The number of benzene rings is 1. The zero-order chi connectivity index (χ0) is 26.2. The van der Waals surface area contributed by atoms with Crippen LogP contribution in [0.3, 0.4) is 0 Å². The number of nitrogens with zero attached hydrogens (tertiary/aromatic N) is 3. The van der Waals surface area contributed by atoms with E-state index in [1.807, 2.05) is 6.07 Å². The Balaban J connectivity index is 2.02. The number of carbonyl (C=O) groups is 2. The maximum absolute atomic E-state index is 13.0. The van der Waals surface area contributed by atoms with Gasteiger partial charge in [0.15, 0.2) is 8.32 Å². The maximum atomic E-state index is 13.0. The van der Waals surface area contributed by atoms with Crippen molar-refractivity contribution in [2.45, 2.75) is 64.1 Å². The monoisotopic (exact) mass is 522 g/mol. The molecule has 0 radical (unpaired) electrons. The molecule has 12 heteroatoms. The van der Waals surface area contributed by atoms with Crippen LogP contribution in [0.25, 0.3) is 0 Å². The Bertz CT molecular complexity index is 945. The Morgan fingerprint density at radius 2 is 1.97 bits per heavy atom. The molecule has 35 heavy (non-hydrogen) atoms. The number of hydrogen-bond donors (Lipinski definition) is 1. The number of hydrogen-bond acceptors (Lipinski definition) is 8. The molecule has 1 aliphatic heterocycles. The van der Waals surface area contributed by atoms with Gasteiger partial charge in [-0.2, -0.15) is 5.26 Å². The summed E-state index contributed by atoms with van der Waals surface area (Å²) in [5, 5.41) is 22.0. The highest BCUT2D eigenvalue weighted by molar-refractivity contribution is 8.00. The molecule has 1 aliphatic rings. The van der Waals surface area contributed by atoms with Gasteiger partial charge in [-0.15, -0.1) is 11.8 Å². The van der Waals surface area contributed by atoms with Crippen LogP contribution in [0.5, 0.6) is 0 Å². The van der Waals surface area contributed by atoms with E-state index in [0.717, 1.165) is 0 Å². The van der Waals surface area contributed by atoms with Crippen molar-refractivity contribution in [1.82, 2.24) is 10.2 Å². The van der Waals surface area contributed by atoms with Gasteiger partial charge in [0.1, 0.15) is 13.2 Å².